The molecule has 0 spiro atoms. The third kappa shape index (κ3) is 2.30. The van der Waals surface area contributed by atoms with Crippen molar-refractivity contribution >= 4 is 11.8 Å². The second kappa shape index (κ2) is 5.45. The first-order valence-corrected chi connectivity index (χ1v) is 5.54. The molecule has 0 saturated carbocycles. The SMILES string of the molecule is CCCC.CN1C(=O)c2ccccc2C1=O. The summed E-state index contributed by atoms with van der Waals surface area (Å²) in [5, 5.41) is 0. The number of carbonyl (C=O) groups is 2. The number of imide groups is 1. The molecule has 16 heavy (non-hydrogen) atoms. The summed E-state index contributed by atoms with van der Waals surface area (Å²) in [5.41, 5.74) is 1.01. The summed E-state index contributed by atoms with van der Waals surface area (Å²) in [6.07, 6.45) is 2.64. The van der Waals surface area contributed by atoms with Gasteiger partial charge in [-0.2, -0.15) is 0 Å². The average Bonchev–Trinajstić information content (AvgIpc) is 2.56. The molecule has 0 aromatic heterocycles. The Morgan fingerprint density at radius 1 is 0.938 bits per heavy atom. The van der Waals surface area contributed by atoms with Crippen LogP contribution >= 0.6 is 0 Å². The zero-order valence-corrected chi connectivity index (χ0v) is 9.99. The van der Waals surface area contributed by atoms with Gasteiger partial charge in [-0.05, 0) is 12.1 Å². The highest BCUT2D eigenvalue weighted by Gasteiger charge is 2.31. The topological polar surface area (TPSA) is 37.4 Å². The molecule has 1 aromatic rings. The lowest BCUT2D eigenvalue weighted by Gasteiger charge is -2.02. The predicted molar refractivity (Wildman–Crippen MR) is 63.4 cm³/mol. The molecular weight excluding hydrogens is 202 g/mol. The number of amides is 2. The van der Waals surface area contributed by atoms with E-state index in [4.69, 9.17) is 0 Å². The van der Waals surface area contributed by atoms with Gasteiger partial charge in [0.25, 0.3) is 11.8 Å². The lowest BCUT2D eigenvalue weighted by Crippen LogP contribution is -2.24. The second-order valence-corrected chi connectivity index (χ2v) is 3.71. The van der Waals surface area contributed by atoms with Crippen molar-refractivity contribution in [2.24, 2.45) is 0 Å². The average molecular weight is 219 g/mol. The molecule has 3 nitrogen and oxygen atoms in total. The molecule has 0 radical (unpaired) electrons. The predicted octanol–water partition coefficient (Wildman–Crippen LogP) is 2.72. The molecule has 1 aliphatic rings. The highest BCUT2D eigenvalue weighted by Crippen LogP contribution is 2.20. The highest BCUT2D eigenvalue weighted by atomic mass is 16.2. The van der Waals surface area contributed by atoms with Crippen LogP contribution in [0.1, 0.15) is 47.4 Å². The van der Waals surface area contributed by atoms with E-state index in [1.165, 1.54) is 19.9 Å². The Balaban J connectivity index is 0.000000280. The van der Waals surface area contributed by atoms with Crippen LogP contribution in [-0.4, -0.2) is 23.8 Å². The van der Waals surface area contributed by atoms with Crippen molar-refractivity contribution in [2.45, 2.75) is 26.7 Å². The molecule has 2 amide bonds. The Morgan fingerprint density at radius 3 is 1.62 bits per heavy atom. The monoisotopic (exact) mass is 219 g/mol. The summed E-state index contributed by atoms with van der Waals surface area (Å²) in [6, 6.07) is 6.84. The van der Waals surface area contributed by atoms with E-state index in [0.29, 0.717) is 11.1 Å². The Hall–Kier alpha value is -1.64. The molecule has 0 saturated heterocycles. The van der Waals surface area contributed by atoms with Crippen LogP contribution in [0.15, 0.2) is 24.3 Å². The van der Waals surface area contributed by atoms with E-state index in [1.54, 1.807) is 24.3 Å². The van der Waals surface area contributed by atoms with E-state index < -0.39 is 0 Å². The molecule has 1 heterocycles. The van der Waals surface area contributed by atoms with Gasteiger partial charge in [-0.15, -0.1) is 0 Å². The summed E-state index contributed by atoms with van der Waals surface area (Å²) in [7, 11) is 1.49. The van der Waals surface area contributed by atoms with Gasteiger partial charge in [0.1, 0.15) is 0 Å². The van der Waals surface area contributed by atoms with E-state index in [1.807, 2.05) is 0 Å². The minimum atomic E-state index is -0.212. The summed E-state index contributed by atoms with van der Waals surface area (Å²) >= 11 is 0. The Kier molecular flexibility index (Phi) is 4.23. The molecule has 0 fully saturated rings. The van der Waals surface area contributed by atoms with Gasteiger partial charge in [0.2, 0.25) is 0 Å². The minimum Gasteiger partial charge on any atom is -0.277 e. The second-order valence-electron chi connectivity index (χ2n) is 3.71. The van der Waals surface area contributed by atoms with Crippen LogP contribution in [0, 0.1) is 0 Å². The standard InChI is InChI=1S/C9H7NO2.C4H10/c1-10-8(11)6-4-2-3-5-7(6)9(10)12;1-3-4-2/h2-5H,1H3;3-4H2,1-2H3. The van der Waals surface area contributed by atoms with Crippen molar-refractivity contribution in [1.82, 2.24) is 4.90 Å². The first-order valence-electron chi connectivity index (χ1n) is 5.54. The van der Waals surface area contributed by atoms with Crippen LogP contribution in [-0.2, 0) is 0 Å². The van der Waals surface area contributed by atoms with E-state index in [2.05, 4.69) is 13.8 Å². The molecule has 1 aromatic carbocycles. The lowest BCUT2D eigenvalue weighted by molar-refractivity contribution is 0.0693. The fourth-order valence-corrected chi connectivity index (χ4v) is 1.31. The molecule has 0 atom stereocenters. The van der Waals surface area contributed by atoms with Gasteiger partial charge in [0.15, 0.2) is 0 Å². The fourth-order valence-electron chi connectivity index (χ4n) is 1.31. The first-order chi connectivity index (χ1) is 7.63. The van der Waals surface area contributed by atoms with Gasteiger partial charge in [-0.25, -0.2) is 0 Å². The van der Waals surface area contributed by atoms with Crippen LogP contribution in [0.5, 0.6) is 0 Å². The van der Waals surface area contributed by atoms with Crippen LogP contribution in [0.2, 0.25) is 0 Å². The van der Waals surface area contributed by atoms with Crippen molar-refractivity contribution < 1.29 is 9.59 Å². The molecule has 0 N–H and O–H groups in total. The number of hydrogen-bond acceptors (Lipinski definition) is 2. The maximum Gasteiger partial charge on any atom is 0.261 e. The highest BCUT2D eigenvalue weighted by molar-refractivity contribution is 6.21. The van der Waals surface area contributed by atoms with E-state index in [0.717, 1.165) is 4.90 Å². The summed E-state index contributed by atoms with van der Waals surface area (Å²) in [6.45, 7) is 4.36. The van der Waals surface area contributed by atoms with Gasteiger partial charge < -0.3 is 0 Å². The Morgan fingerprint density at radius 2 is 1.31 bits per heavy atom. The fraction of sp³-hybridized carbons (Fsp3) is 0.385. The molecule has 0 bridgehead atoms. The molecule has 0 aliphatic carbocycles. The smallest absolute Gasteiger partial charge is 0.261 e. The van der Waals surface area contributed by atoms with Crippen LogP contribution in [0.4, 0.5) is 0 Å². The maximum absolute atomic E-state index is 11.3. The van der Waals surface area contributed by atoms with Gasteiger partial charge >= 0.3 is 0 Å². The van der Waals surface area contributed by atoms with E-state index in [9.17, 15) is 9.59 Å². The quantitative estimate of drug-likeness (QED) is 0.681. The Labute approximate surface area is 96.1 Å². The molecule has 2 rings (SSSR count). The normalized spacial score (nSPS) is 13.3. The van der Waals surface area contributed by atoms with Gasteiger partial charge in [0, 0.05) is 7.05 Å². The summed E-state index contributed by atoms with van der Waals surface area (Å²) < 4.78 is 0. The van der Waals surface area contributed by atoms with E-state index in [-0.39, 0.29) is 11.8 Å². The number of benzene rings is 1. The third-order valence-electron chi connectivity index (χ3n) is 2.50. The number of unbranched alkanes of at least 4 members (excludes halogenated alkanes) is 1. The van der Waals surface area contributed by atoms with Gasteiger partial charge in [0.05, 0.1) is 11.1 Å². The van der Waals surface area contributed by atoms with Crippen LogP contribution < -0.4 is 0 Å². The zero-order valence-electron chi connectivity index (χ0n) is 9.99. The first kappa shape index (κ1) is 12.4. The third-order valence-corrected chi connectivity index (χ3v) is 2.50. The number of fused-ring (bicyclic) bond motifs is 1. The van der Waals surface area contributed by atoms with Crippen molar-refractivity contribution in [1.29, 1.82) is 0 Å². The molecule has 86 valence electrons. The minimum absolute atomic E-state index is 0.212. The summed E-state index contributed by atoms with van der Waals surface area (Å²) in [5.74, 6) is -0.425. The van der Waals surface area contributed by atoms with Crippen molar-refractivity contribution in [3.8, 4) is 0 Å². The number of nitrogens with zero attached hydrogens (tertiary/aromatic N) is 1. The van der Waals surface area contributed by atoms with E-state index >= 15 is 0 Å². The van der Waals surface area contributed by atoms with Crippen molar-refractivity contribution in [3.05, 3.63) is 35.4 Å². The van der Waals surface area contributed by atoms with Crippen molar-refractivity contribution in [2.75, 3.05) is 7.05 Å². The molecule has 3 heteroatoms. The number of carbonyl (C=O) groups excluding carboxylic acids is 2. The maximum atomic E-state index is 11.3. The Bertz CT molecular complexity index is 362. The van der Waals surface area contributed by atoms with Crippen LogP contribution in [0.25, 0.3) is 0 Å². The number of rotatable bonds is 1. The largest absolute Gasteiger partial charge is 0.277 e. The molecule has 1 aliphatic heterocycles. The zero-order chi connectivity index (χ0) is 12.1. The summed E-state index contributed by atoms with van der Waals surface area (Å²) in [4.78, 5) is 23.8. The number of hydrogen-bond donors (Lipinski definition) is 0. The molecule has 0 unspecified atom stereocenters. The molecular formula is C13H17NO2. The van der Waals surface area contributed by atoms with Gasteiger partial charge in [-0.3, -0.25) is 14.5 Å². The van der Waals surface area contributed by atoms with Crippen LogP contribution in [0.3, 0.4) is 0 Å². The lowest BCUT2D eigenvalue weighted by atomic mass is 10.1. The van der Waals surface area contributed by atoms with Gasteiger partial charge in [-0.1, -0.05) is 38.8 Å². The van der Waals surface area contributed by atoms with Crippen molar-refractivity contribution in [3.63, 3.8) is 0 Å².